The summed E-state index contributed by atoms with van der Waals surface area (Å²) in [7, 11) is -8.81. The fourth-order valence-corrected chi connectivity index (χ4v) is 2.84. The summed E-state index contributed by atoms with van der Waals surface area (Å²) >= 11 is 0. The van der Waals surface area contributed by atoms with Crippen molar-refractivity contribution in [2.45, 2.75) is 59.1 Å². The average Bonchev–Trinajstić information content (AvgIpc) is 2.73. The quantitative estimate of drug-likeness (QED) is 0.162. The zero-order chi connectivity index (χ0) is 31.6. The van der Waals surface area contributed by atoms with Gasteiger partial charge in [0.1, 0.15) is 0 Å². The monoisotopic (exact) mass is 652 g/mol. The van der Waals surface area contributed by atoms with Gasteiger partial charge in [0.25, 0.3) is 0 Å². The van der Waals surface area contributed by atoms with E-state index in [0.29, 0.717) is 0 Å². The highest BCUT2D eigenvalue weighted by atomic mass is 28.4. The number of hydrogen-bond acceptors (Lipinski definition) is 3. The molecule has 0 rings (SSSR count). The van der Waals surface area contributed by atoms with Gasteiger partial charge in [0.2, 0.25) is 0 Å². The van der Waals surface area contributed by atoms with Crippen LogP contribution in [-0.4, -0.2) is 67.9 Å². The molecule has 0 N–H and O–H groups in total. The second-order valence-corrected chi connectivity index (χ2v) is 8.66. The minimum atomic E-state index is -9.49. The van der Waals surface area contributed by atoms with Gasteiger partial charge in [-0.2, -0.15) is 106 Å². The van der Waals surface area contributed by atoms with Crippen LogP contribution in [0.25, 0.3) is 0 Å². The average molecular weight is 652 g/mol. The van der Waals surface area contributed by atoms with Crippen molar-refractivity contribution in [3.8, 4) is 0 Å². The summed E-state index contributed by atoms with van der Waals surface area (Å²) in [6, 6.07) is 0. The summed E-state index contributed by atoms with van der Waals surface area (Å²) in [4.78, 5) is 0. The van der Waals surface area contributed by atoms with Crippen LogP contribution in [0.4, 0.5) is 106 Å². The van der Waals surface area contributed by atoms with Gasteiger partial charge in [-0.15, -0.1) is 0 Å². The molecule has 28 heteroatoms. The highest BCUT2D eigenvalue weighted by molar-refractivity contribution is 6.63. The molecule has 0 amide bonds. The molecule has 0 aliphatic heterocycles. The summed E-state index contributed by atoms with van der Waals surface area (Å²) in [6.45, 7) is 0. The maximum Gasteiger partial charge on any atom is 0.676 e. The Morgan fingerprint density at radius 2 is 0.474 bits per heavy atom. The third-order valence-corrected chi connectivity index (χ3v) is 5.89. The maximum atomic E-state index is 13.5. The van der Waals surface area contributed by atoms with Crippen molar-refractivity contribution >= 4 is 8.80 Å². The van der Waals surface area contributed by atoms with Gasteiger partial charge in [-0.3, -0.25) is 0 Å². The molecule has 0 aliphatic rings. The van der Waals surface area contributed by atoms with Gasteiger partial charge in [0.05, 0.1) is 0 Å². The minimum Gasteiger partial charge on any atom is -0.194 e. The van der Waals surface area contributed by atoms with Crippen LogP contribution in [0.5, 0.6) is 0 Å². The summed E-state index contributed by atoms with van der Waals surface area (Å²) in [5.74, 6) is -73.5. The SMILES string of the molecule is FO[Si](OF)(OF)C(F)(F)C(F)(F)C(F)(F)C(F)(F)C(F)(F)C(F)(F)C(F)(F)C(F)(F)C(F)(F)C(F)(F)F. The molecule has 0 saturated carbocycles. The lowest BCUT2D eigenvalue weighted by Gasteiger charge is -2.44. The molecule has 0 aromatic rings. The molecule has 0 radical (unpaired) electrons. The molecule has 0 aromatic heterocycles. The molecule has 0 aromatic carbocycles. The molecule has 0 fully saturated rings. The summed E-state index contributed by atoms with van der Waals surface area (Å²) < 4.78 is 314. The van der Waals surface area contributed by atoms with E-state index in [0.717, 1.165) is 0 Å². The smallest absolute Gasteiger partial charge is 0.194 e. The first-order valence-corrected chi connectivity index (χ1v) is 9.27. The Morgan fingerprint density at radius 1 is 0.289 bits per heavy atom. The van der Waals surface area contributed by atoms with E-state index in [-0.39, 0.29) is 0 Å². The van der Waals surface area contributed by atoms with Crippen molar-refractivity contribution in [3.63, 3.8) is 0 Å². The number of rotatable bonds is 12. The van der Waals surface area contributed by atoms with Crippen LogP contribution in [-0.2, 0) is 13.9 Å². The third-order valence-electron chi connectivity index (χ3n) is 4.20. The van der Waals surface area contributed by atoms with Gasteiger partial charge < -0.3 is 0 Å². The lowest BCUT2D eigenvalue weighted by molar-refractivity contribution is -0.473. The third kappa shape index (κ3) is 4.05. The van der Waals surface area contributed by atoms with Crippen LogP contribution < -0.4 is 0 Å². The zero-order valence-corrected chi connectivity index (χ0v) is 16.8. The Morgan fingerprint density at radius 3 is 0.658 bits per heavy atom. The predicted molar refractivity (Wildman–Crippen MR) is 62.9 cm³/mol. The largest absolute Gasteiger partial charge is 0.676 e. The Hall–Kier alpha value is -1.58. The second-order valence-electron chi connectivity index (χ2n) is 6.45. The predicted octanol–water partition coefficient (Wildman–Crippen LogP) is 7.45. The molecule has 0 spiro atoms. The Bertz CT molecular complexity index is 787. The van der Waals surface area contributed by atoms with Crippen LogP contribution >= 0.6 is 0 Å². The first kappa shape index (κ1) is 36.4. The highest BCUT2D eigenvalue weighted by Crippen LogP contribution is 2.66. The summed E-state index contributed by atoms with van der Waals surface area (Å²) in [5.41, 5.74) is -8.22. The van der Waals surface area contributed by atoms with Gasteiger partial charge in [-0.05, 0) is 0 Å². The summed E-state index contributed by atoms with van der Waals surface area (Å²) in [6.07, 6.45) is -8.13. The molecule has 0 aliphatic carbocycles. The summed E-state index contributed by atoms with van der Waals surface area (Å²) in [5, 5.41) is 0. The number of hydrogen-bond donors (Lipinski definition) is 0. The molecule has 0 heterocycles. The molecule has 230 valence electrons. The Balaban J connectivity index is 7.28. The van der Waals surface area contributed by atoms with Crippen LogP contribution in [0, 0.1) is 0 Å². The van der Waals surface area contributed by atoms with Crippen molar-refractivity contribution in [2.75, 3.05) is 0 Å². The van der Waals surface area contributed by atoms with Crippen LogP contribution in [0.3, 0.4) is 0 Å². The minimum absolute atomic E-state index is 1.31. The molecule has 0 saturated heterocycles. The second kappa shape index (κ2) is 9.23. The fraction of sp³-hybridized carbons (Fsp3) is 1.00. The standard InChI is InChI=1S/C10F24O3Si/c11-1(12,3(15,16)5(19,20)7(23,24)9(27,28)29)2(13,14)4(17,18)6(21,22)8(25,26)10(30,31)38(35-32,36-33)37-34. The van der Waals surface area contributed by atoms with Crippen LogP contribution in [0.15, 0.2) is 0 Å². The van der Waals surface area contributed by atoms with E-state index in [1.165, 1.54) is 13.9 Å². The van der Waals surface area contributed by atoms with Gasteiger partial charge in [-0.25, -0.2) is 0 Å². The van der Waals surface area contributed by atoms with E-state index in [4.69, 9.17) is 0 Å². The lowest BCUT2D eigenvalue weighted by Crippen LogP contribution is -2.79. The topological polar surface area (TPSA) is 27.7 Å². The van der Waals surface area contributed by atoms with Crippen molar-refractivity contribution in [3.05, 3.63) is 0 Å². The molecule has 0 bridgehead atoms. The van der Waals surface area contributed by atoms with E-state index >= 15 is 0 Å². The first-order chi connectivity index (χ1) is 16.2. The maximum absolute atomic E-state index is 13.5. The van der Waals surface area contributed by atoms with Crippen molar-refractivity contribution < 1.29 is 120 Å². The Kier molecular flexibility index (Phi) is 8.85. The lowest BCUT2D eigenvalue weighted by atomic mass is 9.87. The van der Waals surface area contributed by atoms with Crippen LogP contribution in [0.2, 0.25) is 0 Å². The number of alkyl halides is 21. The molecular formula is C10F24O3Si. The van der Waals surface area contributed by atoms with Crippen molar-refractivity contribution in [1.82, 2.24) is 0 Å². The van der Waals surface area contributed by atoms with Gasteiger partial charge in [0, 0.05) is 0 Å². The highest BCUT2D eigenvalue weighted by Gasteiger charge is 2.99. The van der Waals surface area contributed by atoms with E-state index in [2.05, 4.69) is 0 Å². The molecule has 0 unspecified atom stereocenters. The van der Waals surface area contributed by atoms with Gasteiger partial charge in [-0.1, -0.05) is 13.6 Å². The van der Waals surface area contributed by atoms with Crippen molar-refractivity contribution in [2.24, 2.45) is 0 Å². The van der Waals surface area contributed by atoms with E-state index in [9.17, 15) is 106 Å². The fourth-order valence-electron chi connectivity index (χ4n) is 1.93. The van der Waals surface area contributed by atoms with E-state index in [1.807, 2.05) is 0 Å². The first-order valence-electron chi connectivity index (χ1n) is 7.54. The van der Waals surface area contributed by atoms with Crippen LogP contribution in [0.1, 0.15) is 0 Å². The Labute approximate surface area is 189 Å². The zero-order valence-electron chi connectivity index (χ0n) is 15.8. The molecule has 38 heavy (non-hydrogen) atoms. The molecule has 0 atom stereocenters. The van der Waals surface area contributed by atoms with E-state index in [1.54, 1.807) is 0 Å². The van der Waals surface area contributed by atoms with Gasteiger partial charge >= 0.3 is 67.9 Å². The normalized spacial score (nSPS) is 16.7. The molecule has 3 nitrogen and oxygen atoms in total. The van der Waals surface area contributed by atoms with Gasteiger partial charge in [0.15, 0.2) is 0 Å². The van der Waals surface area contributed by atoms with E-state index < -0.39 is 67.9 Å². The van der Waals surface area contributed by atoms with Crippen molar-refractivity contribution in [1.29, 1.82) is 0 Å². The molecular weight excluding hydrogens is 652 g/mol. The number of halogens is 24.